The molecule has 1 fully saturated rings. The predicted molar refractivity (Wildman–Crippen MR) is 80.7 cm³/mol. The lowest BCUT2D eigenvalue weighted by Crippen LogP contribution is -2.43. The van der Waals surface area contributed by atoms with E-state index in [4.69, 9.17) is 33.7 Å². The van der Waals surface area contributed by atoms with Crippen molar-refractivity contribution < 1.29 is 4.74 Å². The van der Waals surface area contributed by atoms with Crippen LogP contribution in [0.25, 0.3) is 0 Å². The van der Waals surface area contributed by atoms with Gasteiger partial charge in [0.15, 0.2) is 0 Å². The van der Waals surface area contributed by atoms with Crippen LogP contribution < -0.4 is 5.73 Å². The lowest BCUT2D eigenvalue weighted by molar-refractivity contribution is 0.0668. The first-order valence-electron chi connectivity index (χ1n) is 6.90. The van der Waals surface area contributed by atoms with Crippen molar-refractivity contribution in [1.82, 2.24) is 0 Å². The molecule has 0 spiro atoms. The Bertz CT molecular complexity index is 415. The van der Waals surface area contributed by atoms with Crippen LogP contribution in [-0.4, -0.2) is 12.1 Å². The molecule has 0 bridgehead atoms. The highest BCUT2D eigenvalue weighted by Crippen LogP contribution is 2.28. The minimum atomic E-state index is -0.165. The molecule has 2 nitrogen and oxygen atoms in total. The summed E-state index contributed by atoms with van der Waals surface area (Å²) in [7, 11) is 0. The highest BCUT2D eigenvalue weighted by atomic mass is 35.5. The van der Waals surface area contributed by atoms with Crippen molar-refractivity contribution in [1.29, 1.82) is 0 Å². The van der Waals surface area contributed by atoms with Crippen LogP contribution in [0.3, 0.4) is 0 Å². The van der Waals surface area contributed by atoms with Crippen LogP contribution in [0.15, 0.2) is 18.2 Å². The fourth-order valence-corrected chi connectivity index (χ4v) is 2.98. The molecular formula is C15H21Cl2NO. The smallest absolute Gasteiger partial charge is 0.0732 e. The Morgan fingerprint density at radius 3 is 2.47 bits per heavy atom. The molecule has 0 amide bonds. The van der Waals surface area contributed by atoms with Crippen molar-refractivity contribution in [2.45, 2.75) is 50.7 Å². The van der Waals surface area contributed by atoms with E-state index in [9.17, 15) is 0 Å². The van der Waals surface area contributed by atoms with E-state index in [1.54, 1.807) is 6.07 Å². The normalized spacial score (nSPS) is 19.1. The maximum atomic E-state index is 6.41. The van der Waals surface area contributed by atoms with Gasteiger partial charge in [-0.05, 0) is 24.5 Å². The molecule has 2 rings (SSSR count). The van der Waals surface area contributed by atoms with Gasteiger partial charge in [-0.3, -0.25) is 0 Å². The van der Waals surface area contributed by atoms with Crippen molar-refractivity contribution in [2.24, 2.45) is 5.73 Å². The summed E-state index contributed by atoms with van der Waals surface area (Å²) >= 11 is 12.1. The van der Waals surface area contributed by atoms with E-state index in [-0.39, 0.29) is 5.54 Å². The fraction of sp³-hybridized carbons (Fsp3) is 0.600. The first-order valence-corrected chi connectivity index (χ1v) is 7.66. The summed E-state index contributed by atoms with van der Waals surface area (Å²) in [6.45, 7) is 1.06. The molecule has 0 saturated heterocycles. The highest BCUT2D eigenvalue weighted by molar-refractivity contribution is 6.42. The number of ether oxygens (including phenoxy) is 1. The van der Waals surface area contributed by atoms with Gasteiger partial charge in [0, 0.05) is 5.54 Å². The molecule has 0 radical (unpaired) electrons. The summed E-state index contributed by atoms with van der Waals surface area (Å²) in [6.07, 6.45) is 7.10. The van der Waals surface area contributed by atoms with E-state index in [2.05, 4.69) is 0 Å². The zero-order valence-electron chi connectivity index (χ0n) is 11.1. The Morgan fingerprint density at radius 2 is 1.79 bits per heavy atom. The molecule has 0 atom stereocenters. The topological polar surface area (TPSA) is 35.2 Å². The quantitative estimate of drug-likeness (QED) is 0.827. The van der Waals surface area contributed by atoms with Gasteiger partial charge in [-0.2, -0.15) is 0 Å². The van der Waals surface area contributed by atoms with E-state index in [0.29, 0.717) is 23.3 Å². The van der Waals surface area contributed by atoms with Gasteiger partial charge in [0.2, 0.25) is 0 Å². The second-order valence-corrected chi connectivity index (χ2v) is 6.27. The summed E-state index contributed by atoms with van der Waals surface area (Å²) in [5.41, 5.74) is 7.16. The Hall–Kier alpha value is -0.280. The van der Waals surface area contributed by atoms with Crippen molar-refractivity contribution >= 4 is 23.2 Å². The number of hydrogen-bond acceptors (Lipinski definition) is 2. The van der Waals surface area contributed by atoms with Crippen LogP contribution in [0.4, 0.5) is 0 Å². The molecule has 1 aromatic carbocycles. The largest absolute Gasteiger partial charge is 0.375 e. The van der Waals surface area contributed by atoms with Crippen molar-refractivity contribution in [3.05, 3.63) is 33.8 Å². The van der Waals surface area contributed by atoms with E-state index >= 15 is 0 Å². The molecule has 0 unspecified atom stereocenters. The third-order valence-corrected chi connectivity index (χ3v) is 4.64. The third-order valence-electron chi connectivity index (χ3n) is 3.78. The zero-order valence-corrected chi connectivity index (χ0v) is 12.6. The minimum Gasteiger partial charge on any atom is -0.375 e. The molecule has 106 valence electrons. The molecular weight excluding hydrogens is 281 g/mol. The Morgan fingerprint density at radius 1 is 1.11 bits per heavy atom. The molecule has 1 aliphatic carbocycles. The van der Waals surface area contributed by atoms with E-state index in [0.717, 1.165) is 18.4 Å². The number of nitrogens with two attached hydrogens (primary N) is 1. The maximum Gasteiger partial charge on any atom is 0.0732 e. The second kappa shape index (κ2) is 6.94. The monoisotopic (exact) mass is 301 g/mol. The molecule has 1 aliphatic rings. The molecule has 19 heavy (non-hydrogen) atoms. The second-order valence-electron chi connectivity index (χ2n) is 5.48. The van der Waals surface area contributed by atoms with E-state index in [1.165, 1.54) is 25.7 Å². The van der Waals surface area contributed by atoms with Gasteiger partial charge >= 0.3 is 0 Å². The Kier molecular flexibility index (Phi) is 5.52. The molecule has 4 heteroatoms. The Labute approximate surface area is 125 Å². The zero-order chi connectivity index (χ0) is 13.7. The molecule has 1 saturated carbocycles. The maximum absolute atomic E-state index is 6.41. The molecule has 1 aromatic rings. The van der Waals surface area contributed by atoms with Crippen LogP contribution in [0.2, 0.25) is 10.0 Å². The van der Waals surface area contributed by atoms with Gasteiger partial charge in [0.1, 0.15) is 0 Å². The van der Waals surface area contributed by atoms with Gasteiger partial charge in [-0.15, -0.1) is 0 Å². The predicted octanol–water partition coefficient (Wildman–Crippen LogP) is 4.56. The molecule has 0 aliphatic heterocycles. The van der Waals surface area contributed by atoms with Crippen LogP contribution in [0.5, 0.6) is 0 Å². The van der Waals surface area contributed by atoms with Gasteiger partial charge in [0.25, 0.3) is 0 Å². The van der Waals surface area contributed by atoms with Gasteiger partial charge in [0.05, 0.1) is 23.3 Å². The minimum absolute atomic E-state index is 0.165. The van der Waals surface area contributed by atoms with Crippen LogP contribution in [0, 0.1) is 0 Å². The van der Waals surface area contributed by atoms with Crippen molar-refractivity contribution in [2.75, 3.05) is 6.61 Å². The molecule has 2 N–H and O–H groups in total. The summed E-state index contributed by atoms with van der Waals surface area (Å²) in [5, 5.41) is 1.15. The molecule has 0 aromatic heterocycles. The number of halogens is 2. The number of benzene rings is 1. The molecule has 0 heterocycles. The van der Waals surface area contributed by atoms with E-state index in [1.807, 2.05) is 12.1 Å². The van der Waals surface area contributed by atoms with Crippen molar-refractivity contribution in [3.63, 3.8) is 0 Å². The first kappa shape index (κ1) is 15.1. The SMILES string of the molecule is NC1(COCc2cccc(Cl)c2Cl)CCCCCC1. The van der Waals surface area contributed by atoms with Gasteiger partial charge in [-0.25, -0.2) is 0 Å². The van der Waals surface area contributed by atoms with Crippen LogP contribution >= 0.6 is 23.2 Å². The summed E-state index contributed by atoms with van der Waals surface area (Å²) in [5.74, 6) is 0. The number of rotatable bonds is 4. The van der Waals surface area contributed by atoms with Crippen LogP contribution in [0.1, 0.15) is 44.1 Å². The van der Waals surface area contributed by atoms with Gasteiger partial charge < -0.3 is 10.5 Å². The van der Waals surface area contributed by atoms with E-state index < -0.39 is 0 Å². The number of hydrogen-bond donors (Lipinski definition) is 1. The average molecular weight is 302 g/mol. The van der Waals surface area contributed by atoms with Crippen LogP contribution in [-0.2, 0) is 11.3 Å². The lowest BCUT2D eigenvalue weighted by atomic mass is 9.93. The van der Waals surface area contributed by atoms with Crippen molar-refractivity contribution in [3.8, 4) is 0 Å². The first-order chi connectivity index (χ1) is 9.11. The fourth-order valence-electron chi connectivity index (χ4n) is 2.60. The standard InChI is InChI=1S/C15H21Cl2NO/c16-13-7-5-6-12(14(13)17)10-19-11-15(18)8-3-1-2-4-9-15/h5-7H,1-4,8-11,18H2. The lowest BCUT2D eigenvalue weighted by Gasteiger charge is -2.27. The Balaban J connectivity index is 1.87. The highest BCUT2D eigenvalue weighted by Gasteiger charge is 2.26. The van der Waals surface area contributed by atoms with Gasteiger partial charge in [-0.1, -0.05) is 61.0 Å². The summed E-state index contributed by atoms with van der Waals surface area (Å²) < 4.78 is 5.79. The average Bonchev–Trinajstić information content (AvgIpc) is 2.60. The summed E-state index contributed by atoms with van der Waals surface area (Å²) in [6, 6.07) is 5.60. The third kappa shape index (κ3) is 4.35. The summed E-state index contributed by atoms with van der Waals surface area (Å²) in [4.78, 5) is 0.